The van der Waals surface area contributed by atoms with Crippen molar-refractivity contribution >= 4 is 0 Å². The number of piperidine rings is 1. The van der Waals surface area contributed by atoms with E-state index < -0.39 is 0 Å². The van der Waals surface area contributed by atoms with Crippen molar-refractivity contribution in [2.24, 2.45) is 0 Å². The highest BCUT2D eigenvalue weighted by molar-refractivity contribution is 5.17. The van der Waals surface area contributed by atoms with Crippen LogP contribution in [0.2, 0.25) is 0 Å². The Morgan fingerprint density at radius 2 is 1.70 bits per heavy atom. The van der Waals surface area contributed by atoms with Gasteiger partial charge in [0.15, 0.2) is 0 Å². The molecule has 1 aliphatic heterocycles. The molecule has 0 radical (unpaired) electrons. The molecule has 1 fully saturated rings. The molecule has 0 aliphatic carbocycles. The van der Waals surface area contributed by atoms with Crippen molar-refractivity contribution in [1.29, 1.82) is 0 Å². The fraction of sp³-hybridized carbons (Fsp3) is 0.667. The molecular weight excluding hydrogens is 246 g/mol. The highest BCUT2D eigenvalue weighted by Crippen LogP contribution is 2.43. The minimum absolute atomic E-state index is 0.0412. The van der Waals surface area contributed by atoms with Crippen molar-refractivity contribution < 1.29 is 5.11 Å². The summed E-state index contributed by atoms with van der Waals surface area (Å²) in [5.74, 6) is 0. The van der Waals surface area contributed by atoms with Gasteiger partial charge in [-0.25, -0.2) is 0 Å². The summed E-state index contributed by atoms with van der Waals surface area (Å²) in [6, 6.07) is 10.7. The van der Waals surface area contributed by atoms with Crippen LogP contribution in [0.25, 0.3) is 0 Å². The summed E-state index contributed by atoms with van der Waals surface area (Å²) in [6.07, 6.45) is 3.78. The number of benzene rings is 1. The van der Waals surface area contributed by atoms with Crippen molar-refractivity contribution in [2.75, 3.05) is 0 Å². The molecule has 1 aromatic rings. The number of nitrogens with zero attached hydrogens (tertiary/aromatic N) is 1. The van der Waals surface area contributed by atoms with Gasteiger partial charge in [-0.15, -0.1) is 0 Å². The Balaban J connectivity index is 2.33. The fourth-order valence-electron chi connectivity index (χ4n) is 4.02. The molecule has 0 spiro atoms. The Bertz CT molecular complexity index is 422. The predicted molar refractivity (Wildman–Crippen MR) is 84.6 cm³/mol. The number of rotatable bonds is 4. The zero-order valence-electron chi connectivity index (χ0n) is 13.4. The smallest absolute Gasteiger partial charge is 0.0575 e. The van der Waals surface area contributed by atoms with Crippen LogP contribution in [0.15, 0.2) is 30.3 Å². The third kappa shape index (κ3) is 2.91. The molecule has 1 heterocycles. The second-order valence-corrected chi connectivity index (χ2v) is 6.88. The summed E-state index contributed by atoms with van der Waals surface area (Å²) in [5, 5.41) is 10.3. The summed E-state index contributed by atoms with van der Waals surface area (Å²) in [7, 11) is 0. The molecule has 0 amide bonds. The summed E-state index contributed by atoms with van der Waals surface area (Å²) in [6.45, 7) is 10.0. The van der Waals surface area contributed by atoms with Crippen molar-refractivity contribution in [3.8, 4) is 0 Å². The largest absolute Gasteiger partial charge is 0.393 e. The summed E-state index contributed by atoms with van der Waals surface area (Å²) in [4.78, 5) is 2.64. The van der Waals surface area contributed by atoms with E-state index in [0.717, 1.165) is 32.2 Å². The van der Waals surface area contributed by atoms with E-state index in [9.17, 15) is 5.11 Å². The van der Waals surface area contributed by atoms with Crippen LogP contribution in [0.5, 0.6) is 0 Å². The highest BCUT2D eigenvalue weighted by Gasteiger charge is 2.47. The second-order valence-electron chi connectivity index (χ2n) is 6.88. The molecule has 1 unspecified atom stereocenters. The Labute approximate surface area is 123 Å². The van der Waals surface area contributed by atoms with Crippen LogP contribution in [0.1, 0.15) is 58.9 Å². The first-order valence-corrected chi connectivity index (χ1v) is 7.93. The highest BCUT2D eigenvalue weighted by atomic mass is 16.3. The molecule has 1 N–H and O–H groups in total. The van der Waals surface area contributed by atoms with Gasteiger partial charge in [-0.3, -0.25) is 4.90 Å². The van der Waals surface area contributed by atoms with E-state index in [1.807, 2.05) is 0 Å². The quantitative estimate of drug-likeness (QED) is 0.898. The predicted octanol–water partition coefficient (Wildman–Crippen LogP) is 3.98. The summed E-state index contributed by atoms with van der Waals surface area (Å²) >= 11 is 0. The lowest BCUT2D eigenvalue weighted by molar-refractivity contribution is -0.105. The number of aliphatic hydroxyl groups excluding tert-OH is 1. The molecule has 0 saturated carbocycles. The van der Waals surface area contributed by atoms with Crippen LogP contribution in [-0.4, -0.2) is 27.2 Å². The van der Waals surface area contributed by atoms with Crippen LogP contribution in [0, 0.1) is 0 Å². The molecule has 1 aliphatic rings. The molecule has 0 bridgehead atoms. The number of hydrogen-bond donors (Lipinski definition) is 1. The molecule has 2 nitrogen and oxygen atoms in total. The van der Waals surface area contributed by atoms with Gasteiger partial charge in [0.25, 0.3) is 0 Å². The van der Waals surface area contributed by atoms with Crippen LogP contribution < -0.4 is 0 Å². The first-order valence-electron chi connectivity index (χ1n) is 7.93. The Morgan fingerprint density at radius 1 is 1.10 bits per heavy atom. The monoisotopic (exact) mass is 275 g/mol. The van der Waals surface area contributed by atoms with Crippen LogP contribution in [0.3, 0.4) is 0 Å². The lowest BCUT2D eigenvalue weighted by atomic mass is 9.73. The van der Waals surface area contributed by atoms with Crippen molar-refractivity contribution in [3.05, 3.63) is 35.9 Å². The molecule has 20 heavy (non-hydrogen) atoms. The van der Waals surface area contributed by atoms with E-state index in [1.165, 1.54) is 5.56 Å². The van der Waals surface area contributed by atoms with Crippen molar-refractivity contribution in [1.82, 2.24) is 4.90 Å². The third-order valence-electron chi connectivity index (χ3n) is 5.15. The van der Waals surface area contributed by atoms with Gasteiger partial charge in [-0.1, -0.05) is 44.2 Å². The van der Waals surface area contributed by atoms with E-state index in [1.54, 1.807) is 0 Å². The maximum atomic E-state index is 10.3. The first-order chi connectivity index (χ1) is 9.43. The average molecular weight is 275 g/mol. The molecular formula is C18H29NO. The SMILES string of the molecule is CCC1(CC)CC(O)CC(C)(C)N1Cc1ccccc1. The van der Waals surface area contributed by atoms with Crippen LogP contribution in [-0.2, 0) is 6.54 Å². The van der Waals surface area contributed by atoms with Gasteiger partial charge in [0.1, 0.15) is 0 Å². The van der Waals surface area contributed by atoms with E-state index in [0.29, 0.717) is 0 Å². The Hall–Kier alpha value is -0.860. The second kappa shape index (κ2) is 5.87. The van der Waals surface area contributed by atoms with Crippen LogP contribution >= 0.6 is 0 Å². The van der Waals surface area contributed by atoms with Gasteiger partial charge < -0.3 is 5.11 Å². The molecule has 2 rings (SSSR count). The molecule has 2 heteroatoms. The molecule has 0 aromatic heterocycles. The zero-order chi connectivity index (χ0) is 14.8. The number of likely N-dealkylation sites (tertiary alicyclic amines) is 1. The molecule has 1 atom stereocenters. The van der Waals surface area contributed by atoms with Crippen molar-refractivity contribution in [2.45, 2.75) is 77.1 Å². The van der Waals surface area contributed by atoms with E-state index in [2.05, 4.69) is 62.9 Å². The van der Waals surface area contributed by atoms with Gasteiger partial charge in [-0.2, -0.15) is 0 Å². The molecule has 1 aromatic carbocycles. The minimum Gasteiger partial charge on any atom is -0.393 e. The van der Waals surface area contributed by atoms with E-state index in [-0.39, 0.29) is 17.2 Å². The van der Waals surface area contributed by atoms with Gasteiger partial charge in [0.05, 0.1) is 6.10 Å². The van der Waals surface area contributed by atoms with Gasteiger partial charge in [-0.05, 0) is 45.1 Å². The lowest BCUT2D eigenvalue weighted by Gasteiger charge is -2.57. The maximum Gasteiger partial charge on any atom is 0.0575 e. The topological polar surface area (TPSA) is 23.5 Å². The minimum atomic E-state index is -0.170. The van der Waals surface area contributed by atoms with Gasteiger partial charge >= 0.3 is 0 Å². The lowest BCUT2D eigenvalue weighted by Crippen LogP contribution is -2.63. The first kappa shape index (κ1) is 15.5. The van der Waals surface area contributed by atoms with E-state index >= 15 is 0 Å². The Kier molecular flexibility index (Phi) is 4.55. The third-order valence-corrected chi connectivity index (χ3v) is 5.15. The van der Waals surface area contributed by atoms with Gasteiger partial charge in [0.2, 0.25) is 0 Å². The fourth-order valence-corrected chi connectivity index (χ4v) is 4.02. The number of hydrogen-bond acceptors (Lipinski definition) is 2. The van der Waals surface area contributed by atoms with E-state index in [4.69, 9.17) is 0 Å². The molecule has 1 saturated heterocycles. The normalized spacial score (nSPS) is 25.6. The zero-order valence-corrected chi connectivity index (χ0v) is 13.4. The summed E-state index contributed by atoms with van der Waals surface area (Å²) in [5.41, 5.74) is 1.53. The average Bonchev–Trinajstić information content (AvgIpc) is 2.42. The number of aliphatic hydroxyl groups is 1. The Morgan fingerprint density at radius 3 is 2.25 bits per heavy atom. The molecule has 112 valence electrons. The standard InChI is InChI=1S/C18H29NO/c1-5-18(6-2)13-16(20)12-17(3,4)19(18)14-15-10-8-7-9-11-15/h7-11,16,20H,5-6,12-14H2,1-4H3. The van der Waals surface area contributed by atoms with Gasteiger partial charge in [0, 0.05) is 17.6 Å². The van der Waals surface area contributed by atoms with Crippen molar-refractivity contribution in [3.63, 3.8) is 0 Å². The van der Waals surface area contributed by atoms with Crippen LogP contribution in [0.4, 0.5) is 0 Å². The summed E-state index contributed by atoms with van der Waals surface area (Å²) < 4.78 is 0. The maximum absolute atomic E-state index is 10.3.